The second kappa shape index (κ2) is 65.1. The normalized spacial score (nSPS) is 12.8. The molecule has 29 heteroatoms. The average Bonchev–Trinajstić information content (AvgIpc) is 1.78. The lowest BCUT2D eigenvalue weighted by Crippen LogP contribution is -2.44. The van der Waals surface area contributed by atoms with E-state index < -0.39 is 9.84 Å². The number of para-hydroxylation sites is 1. The minimum Gasteiger partial charge on any atom is -0.497 e. The van der Waals surface area contributed by atoms with Crippen LogP contribution in [0.15, 0.2) is 250 Å². The minimum atomic E-state index is -3.04. The molecule has 0 radical (unpaired) electrons. The average molecular weight is 1970 g/mol. The number of methoxy groups -OCH3 is 2. The standard InChI is InChI=1S/C16H18N2O.C13H17NO.C12H19NO3S.C12H13NO.2C12H15NO.C8H12N2O2S.C8H9NO2.C8H7NS.C8H10.C3H5N3/c1-11-4-7-14(8-5-11)17-16(19)18-15-9-6-12(2)10-13(15)3;1-9-5-10(2)13(11(3)6-9)8-14-7-12(4)15;1-7-8(2)11(17)13-9(3)10(7)12(14)16-6-5-15-4;1-9(14)8-13-12-7-6-10-4-2-3-5-11(10)12;1-9-4-6-12(7-5-9)11(3)13-8-10(2)14;1-11(14)10-13-9-5-8-12-6-3-2-4-7-12;1-6-4-7(2)10-8(9-6)5-13(3,11)12;1-6(10)8-5-7(11-2)3-4-9-8;1-6-9-7-4-2-3-5-8(7)10-6;1-2-8-6-4-3-5-7-8;1-3-4-2-5-6-3/h4-10H,1-3H3,(H2,17,18,19);5-6,8H,7H2,1-4H3;8-9H,5-6H2,1-4H3,(H,13,17);2-5H,6-8H2,1H3;4-7H,8H2,1-3H3;2-4,6-7,9H,5,8,10H2,1H3;4H,5H2,1-3H3;3-5H,1-2H3;2-5H,1H3;3-7H,2H2,1H3;2H,1H3,(H,4,5,6). The van der Waals surface area contributed by atoms with Crippen LogP contribution in [0.2, 0.25) is 0 Å². The van der Waals surface area contributed by atoms with Crippen LogP contribution in [0.5, 0.6) is 5.75 Å². The third kappa shape index (κ3) is 50.0. The Morgan fingerprint density at radius 3 is 1.69 bits per heavy atom. The number of nitrogens with one attached hydrogen (secondary N) is 4. The van der Waals surface area contributed by atoms with E-state index in [4.69, 9.17) is 26.4 Å². The number of pyridine rings is 1. The number of ether oxygens (including phenoxy) is 3. The maximum absolute atomic E-state index is 11.9. The third-order valence-corrected chi connectivity index (χ3v) is 22.7. The van der Waals surface area contributed by atoms with E-state index in [1.165, 1.54) is 79.8 Å². The molecule has 0 fully saturated rings. The monoisotopic (exact) mass is 1970 g/mol. The van der Waals surface area contributed by atoms with Gasteiger partial charge in [0.25, 0.3) is 0 Å². The van der Waals surface area contributed by atoms with Crippen LogP contribution >= 0.6 is 23.6 Å². The van der Waals surface area contributed by atoms with Crippen molar-refractivity contribution in [3.8, 4) is 5.75 Å². The summed E-state index contributed by atoms with van der Waals surface area (Å²) in [5.74, 6) is 1.98. The maximum atomic E-state index is 11.9. The topological polar surface area (TPSA) is 360 Å². The van der Waals surface area contributed by atoms with Crippen LogP contribution in [0.3, 0.4) is 0 Å². The van der Waals surface area contributed by atoms with Gasteiger partial charge < -0.3 is 30.2 Å². The molecule has 0 spiro atoms. The number of hydrogen-bond donors (Lipinski definition) is 4. The van der Waals surface area contributed by atoms with E-state index in [0.29, 0.717) is 42.5 Å². The van der Waals surface area contributed by atoms with Crippen LogP contribution < -0.4 is 20.7 Å². The molecule has 5 heterocycles. The number of sulfone groups is 1. The number of carbonyl (C=O) groups excluding carboxylic acids is 7. The fraction of sp³-hybridized carbons (Fsp3) is 0.339. The zero-order valence-electron chi connectivity index (χ0n) is 86.2. The zero-order chi connectivity index (χ0) is 105. The van der Waals surface area contributed by atoms with Gasteiger partial charge in [-0.25, -0.2) is 37.9 Å². The number of aliphatic imine (C=N–C) groups is 4. The highest BCUT2D eigenvalue weighted by atomic mass is 32.2. The zero-order valence-corrected chi connectivity index (χ0v) is 88.6. The van der Waals surface area contributed by atoms with Gasteiger partial charge in [0.2, 0.25) is 0 Å². The maximum Gasteiger partial charge on any atom is 0.336 e. The number of thiocarbonyl (C=S) groups is 1. The summed E-state index contributed by atoms with van der Waals surface area (Å²) in [6.07, 6.45) is 12.9. The Morgan fingerprint density at radius 1 is 0.582 bits per heavy atom. The highest BCUT2D eigenvalue weighted by Gasteiger charge is 2.31. The predicted molar refractivity (Wildman–Crippen MR) is 580 cm³/mol. The van der Waals surface area contributed by atoms with Crippen molar-refractivity contribution in [1.29, 1.82) is 0 Å². The number of Topliss-reactive ketones (excluding diaryl/α,β-unsaturated/α-hetero) is 5. The molecule has 4 N–H and O–H groups in total. The molecule has 1 aliphatic carbocycles. The van der Waals surface area contributed by atoms with Crippen LogP contribution in [0, 0.1) is 82.1 Å². The number of rotatable bonds is 24. The Labute approximate surface area is 843 Å². The summed E-state index contributed by atoms with van der Waals surface area (Å²) < 4.78 is 38.1. The second-order valence-electron chi connectivity index (χ2n) is 33.7. The first-order valence-corrected chi connectivity index (χ1v) is 49.6. The molecule has 8 aromatic carbocycles. The molecule has 2 atom stereocenters. The van der Waals surface area contributed by atoms with Crippen molar-refractivity contribution in [3.63, 3.8) is 0 Å². The quantitative estimate of drug-likeness (QED) is 0.0143. The molecule has 2 aliphatic rings. The lowest BCUT2D eigenvalue weighted by Gasteiger charge is -2.30. The number of anilines is 2. The largest absolute Gasteiger partial charge is 0.497 e. The van der Waals surface area contributed by atoms with E-state index in [0.717, 1.165) is 110 Å². The van der Waals surface area contributed by atoms with Gasteiger partial charge in [0, 0.05) is 78.9 Å². The molecule has 0 saturated heterocycles. The van der Waals surface area contributed by atoms with E-state index in [1.54, 1.807) is 77.8 Å². The van der Waals surface area contributed by atoms with Crippen LogP contribution in [0.25, 0.3) is 10.2 Å². The number of aromatic amines is 1. The molecule has 26 nitrogen and oxygen atoms in total. The fourth-order valence-electron chi connectivity index (χ4n) is 13.2. The number of amides is 2. The smallest absolute Gasteiger partial charge is 0.336 e. The van der Waals surface area contributed by atoms with Gasteiger partial charge in [-0.05, 0) is 255 Å². The van der Waals surface area contributed by atoms with Crippen molar-refractivity contribution < 1.29 is 56.2 Å². The summed E-state index contributed by atoms with van der Waals surface area (Å²) in [4.78, 5) is 115. The Morgan fingerprint density at radius 2 is 1.15 bits per heavy atom. The molecule has 1 aliphatic heterocycles. The Bertz CT molecular complexity index is 6180. The van der Waals surface area contributed by atoms with E-state index in [1.807, 2.05) is 217 Å². The van der Waals surface area contributed by atoms with Crippen molar-refractivity contribution in [3.05, 3.63) is 336 Å². The highest BCUT2D eigenvalue weighted by Crippen LogP contribution is 2.27. The summed E-state index contributed by atoms with van der Waals surface area (Å²) >= 11 is 6.95. The van der Waals surface area contributed by atoms with Crippen molar-refractivity contribution in [2.24, 2.45) is 25.9 Å². The molecule has 2 amide bonds. The summed E-state index contributed by atoms with van der Waals surface area (Å²) in [6, 6.07) is 68.0. The number of H-pyrrole nitrogens is 1. The first-order valence-electron chi connectivity index (χ1n) is 46.3. The molecular weight excluding hydrogens is 1830 g/mol. The first-order chi connectivity index (χ1) is 67.0. The summed E-state index contributed by atoms with van der Waals surface area (Å²) in [7, 11) is 0.0922. The van der Waals surface area contributed by atoms with Gasteiger partial charge in [0.1, 0.15) is 41.8 Å². The number of nitrogens with zero attached hydrogens (tertiary/aromatic N) is 10. The Hall–Kier alpha value is -13.9. The highest BCUT2D eigenvalue weighted by molar-refractivity contribution is 7.89. The first kappa shape index (κ1) is 119. The lowest BCUT2D eigenvalue weighted by molar-refractivity contribution is -0.140. The summed E-state index contributed by atoms with van der Waals surface area (Å²) in [6.45, 7) is 41.3. The number of fused-ring (bicyclic) bond motifs is 2. The van der Waals surface area contributed by atoms with Crippen LogP contribution in [0.4, 0.5) is 16.2 Å². The number of carbonyl (C=O) groups is 7. The lowest BCUT2D eigenvalue weighted by atomic mass is 9.89. The molecule has 0 saturated carbocycles. The molecule has 12 aromatic rings. The Balaban J connectivity index is 0.000000326. The van der Waals surface area contributed by atoms with Gasteiger partial charge >= 0.3 is 12.0 Å². The number of esters is 1. The molecular formula is C112H140N14O12S3. The fourth-order valence-corrected chi connectivity index (χ4v) is 15.0. The molecule has 0 bridgehead atoms. The predicted octanol–water partition coefficient (Wildman–Crippen LogP) is 21.9. The molecule has 2 unspecified atom stereocenters. The van der Waals surface area contributed by atoms with Gasteiger partial charge in [-0.1, -0.05) is 212 Å². The number of thiazole rings is 1. The number of aryl methyl sites for hydroxylation is 14. The second-order valence-corrected chi connectivity index (χ2v) is 37.5. The van der Waals surface area contributed by atoms with Gasteiger partial charge in [-0.3, -0.25) is 54.0 Å². The van der Waals surface area contributed by atoms with Gasteiger partial charge in [0.15, 0.2) is 38.8 Å². The minimum absolute atomic E-state index is 0.0519. The summed E-state index contributed by atoms with van der Waals surface area (Å²) in [5, 5.41) is 16.1. The van der Waals surface area contributed by atoms with E-state index in [2.05, 4.69) is 165 Å². The van der Waals surface area contributed by atoms with Gasteiger partial charge in [-0.2, -0.15) is 5.10 Å². The van der Waals surface area contributed by atoms with Crippen molar-refractivity contribution in [2.45, 2.75) is 189 Å². The molecule has 4 aromatic heterocycles. The molecule has 14 rings (SSSR count). The van der Waals surface area contributed by atoms with Crippen molar-refractivity contribution in [1.82, 2.24) is 40.4 Å². The summed E-state index contributed by atoms with van der Waals surface area (Å²) in [5.41, 5.74) is 24.3. The van der Waals surface area contributed by atoms with Crippen LogP contribution in [-0.4, -0.2) is 179 Å². The van der Waals surface area contributed by atoms with Crippen molar-refractivity contribution in [2.75, 3.05) is 70.5 Å². The number of ketones is 5. The number of aromatic nitrogens is 7. The number of benzene rings is 8. The van der Waals surface area contributed by atoms with E-state index in [-0.39, 0.29) is 78.3 Å². The van der Waals surface area contributed by atoms with Gasteiger partial charge in [-0.15, -0.1) is 11.3 Å². The third-order valence-electron chi connectivity index (χ3n) is 20.5. The van der Waals surface area contributed by atoms with Crippen LogP contribution in [-0.2, 0) is 68.3 Å². The van der Waals surface area contributed by atoms with Gasteiger partial charge in [0.05, 0.1) is 71.7 Å². The molecule has 141 heavy (non-hydrogen) atoms. The van der Waals surface area contributed by atoms with Crippen molar-refractivity contribution >= 4 is 125 Å². The molecule has 748 valence electrons. The number of hydrogen-bond acceptors (Lipinski definition) is 24. The van der Waals surface area contributed by atoms with E-state index >= 15 is 0 Å². The van der Waals surface area contributed by atoms with Crippen LogP contribution in [0.1, 0.15) is 193 Å². The number of urea groups is 1. The van der Waals surface area contributed by atoms with E-state index in [9.17, 15) is 42.0 Å². The Kier molecular flexibility index (Phi) is 55.2. The SMILES string of the molecule is CC(=O)CN=C(C)c1ccc(C)cc1.CC(=O)CN=C1CCc2ccccc21.CC(=O)CN=CCCc1ccccc1.CC(=O)CN=Cc1c(C)cc(C)cc1C.CCc1ccccc1.COCCOC(=O)C1=C(C)C(C)C(=S)NC1C.COc1ccnc(C(C)=O)c1.Cc1cc(C)nc(CS(C)(=O)=O)n1.Cc1ccc(NC(=O)Nc2ccc(C)cc2C)cc1.Cc1nc2ccccc2s1.Cc1ncn[nH]1.